The van der Waals surface area contributed by atoms with Gasteiger partial charge < -0.3 is 14.6 Å². The first-order valence-electron chi connectivity index (χ1n) is 6.27. The van der Waals surface area contributed by atoms with Crippen LogP contribution in [-0.2, 0) is 14.3 Å². The number of carbonyl (C=O) groups is 2. The van der Waals surface area contributed by atoms with Crippen molar-refractivity contribution in [2.45, 2.75) is 25.9 Å². The topological polar surface area (TPSA) is 72.8 Å². The molecule has 1 fully saturated rings. The van der Waals surface area contributed by atoms with Crippen LogP contribution in [0, 0.1) is 5.92 Å². The van der Waals surface area contributed by atoms with Crippen LogP contribution in [0.5, 0.6) is 5.75 Å². The number of carboxylic acid groups (broad SMARTS) is 1. The van der Waals surface area contributed by atoms with Gasteiger partial charge in [0.1, 0.15) is 17.8 Å². The van der Waals surface area contributed by atoms with Gasteiger partial charge in [-0.25, -0.2) is 0 Å². The van der Waals surface area contributed by atoms with Crippen LogP contribution in [0.2, 0.25) is 0 Å². The largest absolute Gasteiger partial charge is 0.494 e. The first-order valence-corrected chi connectivity index (χ1v) is 6.27. The Hall–Kier alpha value is -2.04. The van der Waals surface area contributed by atoms with Crippen LogP contribution in [0.25, 0.3) is 0 Å². The summed E-state index contributed by atoms with van der Waals surface area (Å²) in [5.74, 6) is -1.66. The molecule has 1 saturated heterocycles. The van der Waals surface area contributed by atoms with E-state index in [4.69, 9.17) is 14.6 Å². The Bertz CT molecular complexity index is 482. The summed E-state index contributed by atoms with van der Waals surface area (Å²) in [4.78, 5) is 22.4. The number of ether oxygens (including phenoxy) is 2. The van der Waals surface area contributed by atoms with Gasteiger partial charge in [-0.05, 0) is 24.1 Å². The van der Waals surface area contributed by atoms with Crippen molar-refractivity contribution in [1.29, 1.82) is 0 Å². The molecule has 1 aromatic rings. The second kappa shape index (κ2) is 5.73. The maximum Gasteiger partial charge on any atom is 0.311 e. The number of carbonyl (C=O) groups excluding carboxylic acids is 1. The van der Waals surface area contributed by atoms with E-state index in [-0.39, 0.29) is 6.42 Å². The maximum atomic E-state index is 11.3. The summed E-state index contributed by atoms with van der Waals surface area (Å²) >= 11 is 0. The fourth-order valence-electron chi connectivity index (χ4n) is 2.08. The lowest BCUT2D eigenvalue weighted by molar-refractivity contribution is -0.144. The van der Waals surface area contributed by atoms with Gasteiger partial charge in [0.15, 0.2) is 0 Å². The first kappa shape index (κ1) is 13.4. The van der Waals surface area contributed by atoms with Gasteiger partial charge in [0.25, 0.3) is 0 Å². The SMILES string of the molecule is CCCOc1cccc([C@H]2OC(=O)C[C@H]2C(=O)O)c1. The first-order chi connectivity index (χ1) is 9.11. The zero-order valence-corrected chi connectivity index (χ0v) is 10.7. The lowest BCUT2D eigenvalue weighted by Gasteiger charge is -2.15. The van der Waals surface area contributed by atoms with E-state index < -0.39 is 24.0 Å². The van der Waals surface area contributed by atoms with Gasteiger partial charge in [-0.3, -0.25) is 9.59 Å². The van der Waals surface area contributed by atoms with Crippen molar-refractivity contribution in [2.24, 2.45) is 5.92 Å². The predicted molar refractivity (Wildman–Crippen MR) is 66.8 cm³/mol. The fourth-order valence-corrected chi connectivity index (χ4v) is 2.08. The van der Waals surface area contributed by atoms with Crippen molar-refractivity contribution in [3.8, 4) is 5.75 Å². The van der Waals surface area contributed by atoms with Crippen LogP contribution in [0.1, 0.15) is 31.4 Å². The molecule has 0 aromatic heterocycles. The average molecular weight is 264 g/mol. The number of aliphatic carboxylic acids is 1. The third-order valence-electron chi connectivity index (χ3n) is 2.99. The van der Waals surface area contributed by atoms with Gasteiger partial charge in [-0.2, -0.15) is 0 Å². The van der Waals surface area contributed by atoms with Crippen molar-refractivity contribution in [3.63, 3.8) is 0 Å². The summed E-state index contributed by atoms with van der Waals surface area (Å²) in [6, 6.07) is 7.05. The standard InChI is InChI=1S/C14H16O5/c1-2-6-18-10-5-3-4-9(7-10)13-11(14(16)17)8-12(15)19-13/h3-5,7,11,13H,2,6,8H2,1H3,(H,16,17)/t11-,13-/m1/s1. The molecule has 0 spiro atoms. The van der Waals surface area contributed by atoms with Crippen molar-refractivity contribution < 1.29 is 24.2 Å². The van der Waals surface area contributed by atoms with Crippen molar-refractivity contribution in [1.82, 2.24) is 0 Å². The zero-order valence-electron chi connectivity index (χ0n) is 10.7. The molecule has 2 rings (SSSR count). The molecule has 0 bridgehead atoms. The van der Waals surface area contributed by atoms with E-state index in [1.165, 1.54) is 0 Å². The lowest BCUT2D eigenvalue weighted by atomic mass is 9.95. The Labute approximate surface area is 111 Å². The normalized spacial score (nSPS) is 22.1. The molecule has 5 nitrogen and oxygen atoms in total. The highest BCUT2D eigenvalue weighted by molar-refractivity contribution is 5.82. The molecule has 2 atom stereocenters. The highest BCUT2D eigenvalue weighted by atomic mass is 16.6. The zero-order chi connectivity index (χ0) is 13.8. The number of cyclic esters (lactones) is 1. The van der Waals surface area contributed by atoms with E-state index in [0.29, 0.717) is 17.9 Å². The Morgan fingerprint density at radius 2 is 2.32 bits per heavy atom. The molecule has 0 amide bonds. The van der Waals surface area contributed by atoms with Crippen molar-refractivity contribution in [2.75, 3.05) is 6.61 Å². The van der Waals surface area contributed by atoms with Gasteiger partial charge in [0.05, 0.1) is 13.0 Å². The second-order valence-electron chi connectivity index (χ2n) is 4.48. The minimum Gasteiger partial charge on any atom is -0.494 e. The van der Waals surface area contributed by atoms with Gasteiger partial charge >= 0.3 is 11.9 Å². The molecule has 1 N–H and O–H groups in total. The average Bonchev–Trinajstić information content (AvgIpc) is 2.79. The van der Waals surface area contributed by atoms with E-state index in [9.17, 15) is 9.59 Å². The van der Waals surface area contributed by atoms with Crippen LogP contribution in [-0.4, -0.2) is 23.7 Å². The molecule has 1 heterocycles. The molecular formula is C14H16O5. The van der Waals surface area contributed by atoms with Crippen LogP contribution in [0.15, 0.2) is 24.3 Å². The molecule has 1 aromatic carbocycles. The van der Waals surface area contributed by atoms with Gasteiger partial charge in [0.2, 0.25) is 0 Å². The number of hydrogen-bond acceptors (Lipinski definition) is 4. The third-order valence-corrected chi connectivity index (χ3v) is 2.99. The molecule has 5 heteroatoms. The summed E-state index contributed by atoms with van der Waals surface area (Å²) in [7, 11) is 0. The molecule has 102 valence electrons. The number of esters is 1. The Morgan fingerprint density at radius 1 is 1.53 bits per heavy atom. The minimum absolute atomic E-state index is 0.0833. The van der Waals surface area contributed by atoms with Crippen LogP contribution >= 0.6 is 0 Å². The van der Waals surface area contributed by atoms with Gasteiger partial charge in [0, 0.05) is 0 Å². The summed E-state index contributed by atoms with van der Waals surface area (Å²) in [6.45, 7) is 2.60. The highest BCUT2D eigenvalue weighted by Crippen LogP contribution is 2.36. The number of hydrogen-bond donors (Lipinski definition) is 1. The Balaban J connectivity index is 2.20. The monoisotopic (exact) mass is 264 g/mol. The smallest absolute Gasteiger partial charge is 0.311 e. The quantitative estimate of drug-likeness (QED) is 0.825. The Morgan fingerprint density at radius 3 is 3.00 bits per heavy atom. The summed E-state index contributed by atoms with van der Waals surface area (Å²) in [5, 5.41) is 9.11. The summed E-state index contributed by atoms with van der Waals surface area (Å²) in [5.41, 5.74) is 0.659. The molecule has 1 aliphatic heterocycles. The van der Waals surface area contributed by atoms with Crippen molar-refractivity contribution in [3.05, 3.63) is 29.8 Å². The van der Waals surface area contributed by atoms with Crippen molar-refractivity contribution >= 4 is 11.9 Å². The number of benzene rings is 1. The molecule has 1 aliphatic rings. The van der Waals surface area contributed by atoms with Gasteiger partial charge in [-0.15, -0.1) is 0 Å². The van der Waals surface area contributed by atoms with Gasteiger partial charge in [-0.1, -0.05) is 19.1 Å². The second-order valence-corrected chi connectivity index (χ2v) is 4.48. The maximum absolute atomic E-state index is 11.3. The predicted octanol–water partition coefficient (Wildman–Crippen LogP) is 2.16. The minimum atomic E-state index is -1.02. The van der Waals surface area contributed by atoms with Crippen LogP contribution in [0.4, 0.5) is 0 Å². The van der Waals surface area contributed by atoms with Crippen LogP contribution < -0.4 is 4.74 Å². The number of rotatable bonds is 5. The number of carboxylic acids is 1. The van der Waals surface area contributed by atoms with Crippen LogP contribution in [0.3, 0.4) is 0 Å². The van der Waals surface area contributed by atoms with E-state index in [2.05, 4.69) is 0 Å². The molecular weight excluding hydrogens is 248 g/mol. The summed E-state index contributed by atoms with van der Waals surface area (Å²) in [6.07, 6.45) is 0.0793. The molecule has 19 heavy (non-hydrogen) atoms. The molecule has 0 saturated carbocycles. The summed E-state index contributed by atoms with van der Waals surface area (Å²) < 4.78 is 10.6. The lowest BCUT2D eigenvalue weighted by Crippen LogP contribution is -2.17. The van der Waals surface area contributed by atoms with E-state index >= 15 is 0 Å². The Kier molecular flexibility index (Phi) is 4.04. The highest BCUT2D eigenvalue weighted by Gasteiger charge is 2.40. The third kappa shape index (κ3) is 3.05. The fraction of sp³-hybridized carbons (Fsp3) is 0.429. The molecule has 0 aliphatic carbocycles. The van der Waals surface area contributed by atoms with E-state index in [1.807, 2.05) is 6.92 Å². The van der Waals surface area contributed by atoms with E-state index in [1.54, 1.807) is 24.3 Å². The molecule has 0 radical (unpaired) electrons. The molecule has 0 unspecified atom stereocenters. The van der Waals surface area contributed by atoms with E-state index in [0.717, 1.165) is 6.42 Å².